The molecule has 2 amide bonds. The molecule has 0 bridgehead atoms. The van der Waals surface area contributed by atoms with Crippen molar-refractivity contribution in [1.82, 2.24) is 5.32 Å². The van der Waals surface area contributed by atoms with Crippen LogP contribution in [-0.2, 0) is 9.59 Å². The van der Waals surface area contributed by atoms with Gasteiger partial charge in [0.15, 0.2) is 0 Å². The van der Waals surface area contributed by atoms with E-state index < -0.39 is 11.9 Å². The molecular formula is C13H17BrN2O2S. The van der Waals surface area contributed by atoms with E-state index in [0.717, 1.165) is 15.1 Å². The van der Waals surface area contributed by atoms with E-state index in [0.29, 0.717) is 0 Å². The summed E-state index contributed by atoms with van der Waals surface area (Å²) in [5, 5.41) is 2.64. The number of halogens is 1. The van der Waals surface area contributed by atoms with Crippen LogP contribution in [0.15, 0.2) is 22.0 Å². The SMILES string of the molecule is CCC(C)C(NC(=O)C=Cc1ccc(Br)s1)C(N)=O. The van der Waals surface area contributed by atoms with Crippen molar-refractivity contribution in [2.45, 2.75) is 26.3 Å². The second-order valence-corrected chi connectivity index (χ2v) is 6.74. The molecule has 104 valence electrons. The lowest BCUT2D eigenvalue weighted by molar-refractivity contribution is -0.126. The third-order valence-electron chi connectivity index (χ3n) is 2.81. The van der Waals surface area contributed by atoms with Gasteiger partial charge in [-0.25, -0.2) is 0 Å². The normalized spacial score (nSPS) is 14.3. The second-order valence-electron chi connectivity index (χ2n) is 4.25. The Labute approximate surface area is 125 Å². The molecule has 1 rings (SSSR count). The average Bonchev–Trinajstić information content (AvgIpc) is 2.78. The number of hydrogen-bond donors (Lipinski definition) is 2. The molecule has 0 aromatic carbocycles. The van der Waals surface area contributed by atoms with Crippen LogP contribution in [0.5, 0.6) is 0 Å². The standard InChI is InChI=1S/C13H17BrN2O2S/c1-3-8(2)12(13(15)18)16-11(17)7-5-9-4-6-10(14)19-9/h4-8,12H,3H2,1-2H3,(H2,15,18)(H,16,17). The Morgan fingerprint density at radius 2 is 2.21 bits per heavy atom. The van der Waals surface area contributed by atoms with E-state index in [9.17, 15) is 9.59 Å². The first kappa shape index (κ1) is 15.9. The van der Waals surface area contributed by atoms with Gasteiger partial charge in [0, 0.05) is 11.0 Å². The Balaban J connectivity index is 2.62. The minimum atomic E-state index is -0.628. The maximum Gasteiger partial charge on any atom is 0.244 e. The molecule has 1 aromatic rings. The summed E-state index contributed by atoms with van der Waals surface area (Å²) >= 11 is 4.87. The molecule has 2 unspecified atom stereocenters. The molecule has 6 heteroatoms. The number of nitrogens with one attached hydrogen (secondary N) is 1. The van der Waals surface area contributed by atoms with E-state index in [-0.39, 0.29) is 11.8 Å². The van der Waals surface area contributed by atoms with Gasteiger partial charge in [-0.05, 0) is 40.1 Å². The van der Waals surface area contributed by atoms with Crippen molar-refractivity contribution < 1.29 is 9.59 Å². The number of rotatable bonds is 6. The number of primary amides is 1. The molecule has 0 saturated heterocycles. The summed E-state index contributed by atoms with van der Waals surface area (Å²) in [7, 11) is 0. The van der Waals surface area contributed by atoms with Crippen LogP contribution in [0, 0.1) is 5.92 Å². The number of nitrogens with two attached hydrogens (primary N) is 1. The number of thiophene rings is 1. The van der Waals surface area contributed by atoms with E-state index in [1.54, 1.807) is 6.08 Å². The summed E-state index contributed by atoms with van der Waals surface area (Å²) in [6.45, 7) is 3.83. The molecule has 0 aliphatic heterocycles. The summed E-state index contributed by atoms with van der Waals surface area (Å²) in [4.78, 5) is 24.0. The van der Waals surface area contributed by atoms with Gasteiger partial charge in [0.2, 0.25) is 11.8 Å². The van der Waals surface area contributed by atoms with Gasteiger partial charge in [-0.1, -0.05) is 20.3 Å². The number of amides is 2. The average molecular weight is 345 g/mol. The molecule has 19 heavy (non-hydrogen) atoms. The molecule has 0 fully saturated rings. The molecule has 0 saturated carbocycles. The highest BCUT2D eigenvalue weighted by molar-refractivity contribution is 9.11. The zero-order valence-corrected chi connectivity index (χ0v) is 13.3. The fourth-order valence-corrected chi connectivity index (χ4v) is 2.83. The van der Waals surface area contributed by atoms with Crippen LogP contribution in [0.3, 0.4) is 0 Å². The molecule has 1 aromatic heterocycles. The van der Waals surface area contributed by atoms with Gasteiger partial charge in [0.05, 0.1) is 3.79 Å². The zero-order chi connectivity index (χ0) is 14.4. The fourth-order valence-electron chi connectivity index (χ4n) is 1.51. The van der Waals surface area contributed by atoms with Crippen LogP contribution < -0.4 is 11.1 Å². The minimum absolute atomic E-state index is 0.0192. The molecule has 0 aliphatic rings. The molecule has 3 N–H and O–H groups in total. The maximum absolute atomic E-state index is 11.7. The van der Waals surface area contributed by atoms with E-state index in [1.807, 2.05) is 26.0 Å². The monoisotopic (exact) mass is 344 g/mol. The van der Waals surface area contributed by atoms with Crippen molar-refractivity contribution in [3.05, 3.63) is 26.9 Å². The Morgan fingerprint density at radius 3 is 2.68 bits per heavy atom. The maximum atomic E-state index is 11.7. The highest BCUT2D eigenvalue weighted by atomic mass is 79.9. The van der Waals surface area contributed by atoms with Crippen molar-refractivity contribution in [2.75, 3.05) is 0 Å². The van der Waals surface area contributed by atoms with E-state index in [1.165, 1.54) is 17.4 Å². The van der Waals surface area contributed by atoms with E-state index in [2.05, 4.69) is 21.2 Å². The Morgan fingerprint density at radius 1 is 1.53 bits per heavy atom. The van der Waals surface area contributed by atoms with Crippen LogP contribution in [0.25, 0.3) is 6.08 Å². The van der Waals surface area contributed by atoms with Gasteiger partial charge >= 0.3 is 0 Å². The van der Waals surface area contributed by atoms with Gasteiger partial charge in [-0.2, -0.15) is 0 Å². The summed E-state index contributed by atoms with van der Waals surface area (Å²) < 4.78 is 1.00. The first-order valence-electron chi connectivity index (χ1n) is 5.97. The van der Waals surface area contributed by atoms with Crippen LogP contribution in [0.4, 0.5) is 0 Å². The highest BCUT2D eigenvalue weighted by Gasteiger charge is 2.22. The van der Waals surface area contributed by atoms with E-state index in [4.69, 9.17) is 5.73 Å². The Hall–Kier alpha value is -1.14. The van der Waals surface area contributed by atoms with Crippen LogP contribution >= 0.6 is 27.3 Å². The molecule has 0 aliphatic carbocycles. The van der Waals surface area contributed by atoms with E-state index >= 15 is 0 Å². The quantitative estimate of drug-likeness (QED) is 0.778. The zero-order valence-electron chi connectivity index (χ0n) is 10.9. The second kappa shape index (κ2) is 7.45. The Bertz CT molecular complexity index is 485. The highest BCUT2D eigenvalue weighted by Crippen LogP contribution is 2.22. The summed E-state index contributed by atoms with van der Waals surface area (Å²) in [5.74, 6) is -0.797. The largest absolute Gasteiger partial charge is 0.368 e. The molecule has 0 radical (unpaired) electrons. The topological polar surface area (TPSA) is 72.2 Å². The molecule has 0 spiro atoms. The van der Waals surface area contributed by atoms with Gasteiger partial charge in [-0.3, -0.25) is 9.59 Å². The predicted molar refractivity (Wildman–Crippen MR) is 81.6 cm³/mol. The molecule has 2 atom stereocenters. The number of carbonyl (C=O) groups is 2. The first-order valence-corrected chi connectivity index (χ1v) is 7.58. The van der Waals surface area contributed by atoms with Crippen LogP contribution in [-0.4, -0.2) is 17.9 Å². The van der Waals surface area contributed by atoms with Gasteiger partial charge in [0.1, 0.15) is 6.04 Å². The minimum Gasteiger partial charge on any atom is -0.368 e. The lowest BCUT2D eigenvalue weighted by Gasteiger charge is -2.20. The molecule has 1 heterocycles. The first-order chi connectivity index (χ1) is 8.93. The van der Waals surface area contributed by atoms with Crippen molar-refractivity contribution in [3.8, 4) is 0 Å². The van der Waals surface area contributed by atoms with Crippen molar-refractivity contribution in [1.29, 1.82) is 0 Å². The number of carbonyl (C=O) groups excluding carboxylic acids is 2. The number of hydrogen-bond acceptors (Lipinski definition) is 3. The van der Waals surface area contributed by atoms with Crippen molar-refractivity contribution in [3.63, 3.8) is 0 Å². The lowest BCUT2D eigenvalue weighted by atomic mass is 9.98. The summed E-state index contributed by atoms with van der Waals surface area (Å²) in [5.41, 5.74) is 5.29. The molecule has 4 nitrogen and oxygen atoms in total. The van der Waals surface area contributed by atoms with Crippen molar-refractivity contribution in [2.24, 2.45) is 11.7 Å². The third kappa shape index (κ3) is 5.16. The van der Waals surface area contributed by atoms with Gasteiger partial charge < -0.3 is 11.1 Å². The van der Waals surface area contributed by atoms with Crippen LogP contribution in [0.2, 0.25) is 0 Å². The lowest BCUT2D eigenvalue weighted by Crippen LogP contribution is -2.47. The Kier molecular flexibility index (Phi) is 6.24. The third-order valence-corrected chi connectivity index (χ3v) is 4.40. The smallest absolute Gasteiger partial charge is 0.244 e. The predicted octanol–water partition coefficient (Wildman–Crippen LogP) is 2.54. The summed E-state index contributed by atoms with van der Waals surface area (Å²) in [6, 6.07) is 3.18. The summed E-state index contributed by atoms with van der Waals surface area (Å²) in [6.07, 6.45) is 3.89. The van der Waals surface area contributed by atoms with Gasteiger partial charge in [-0.15, -0.1) is 11.3 Å². The fraction of sp³-hybridized carbons (Fsp3) is 0.385. The van der Waals surface area contributed by atoms with Gasteiger partial charge in [0.25, 0.3) is 0 Å². The van der Waals surface area contributed by atoms with Crippen molar-refractivity contribution >= 4 is 45.2 Å². The molecular weight excluding hydrogens is 328 g/mol. The van der Waals surface area contributed by atoms with Crippen LogP contribution in [0.1, 0.15) is 25.1 Å².